The molecule has 0 aliphatic rings. The lowest BCUT2D eigenvalue weighted by atomic mass is 10.0. The van der Waals surface area contributed by atoms with Crippen molar-refractivity contribution in [1.82, 2.24) is 15.0 Å². The predicted octanol–water partition coefficient (Wildman–Crippen LogP) is 7.61. The van der Waals surface area contributed by atoms with Gasteiger partial charge < -0.3 is 5.32 Å². The molecule has 0 aliphatic carbocycles. The number of hydrogen-bond donors (Lipinski definition) is 1. The summed E-state index contributed by atoms with van der Waals surface area (Å²) in [4.78, 5) is 13.4. The van der Waals surface area contributed by atoms with Crippen LogP contribution in [0.3, 0.4) is 0 Å². The first-order valence-electron chi connectivity index (χ1n) is 10.2. The molecule has 0 amide bonds. The summed E-state index contributed by atoms with van der Waals surface area (Å²) in [7, 11) is 1.39. The van der Waals surface area contributed by atoms with Crippen LogP contribution in [0, 0.1) is 17.0 Å². The maximum atomic E-state index is 14.4. The van der Waals surface area contributed by atoms with Crippen molar-refractivity contribution < 1.29 is 4.39 Å². The number of nitrogens with one attached hydrogen (secondary N) is 1. The minimum absolute atomic E-state index is 0.258. The maximum Gasteiger partial charge on any atom is 0.130 e. The zero-order valence-corrected chi connectivity index (χ0v) is 21.6. The average Bonchev–Trinajstić information content (AvgIpc) is 2.83. The van der Waals surface area contributed by atoms with Crippen LogP contribution < -0.4 is 5.32 Å². The van der Waals surface area contributed by atoms with Gasteiger partial charge in [-0.2, -0.15) is 0 Å². The molecule has 4 aromatic rings. The summed E-state index contributed by atoms with van der Waals surface area (Å²) in [6.07, 6.45) is 5.25. The second-order valence-corrected chi connectivity index (χ2v) is 9.75. The van der Waals surface area contributed by atoms with Crippen molar-refractivity contribution in [2.24, 2.45) is 0 Å². The second-order valence-electron chi connectivity index (χ2n) is 7.66. The van der Waals surface area contributed by atoms with Crippen molar-refractivity contribution in [1.29, 1.82) is 0 Å². The van der Waals surface area contributed by atoms with Gasteiger partial charge in [0.25, 0.3) is 0 Å². The molecule has 0 unspecified atom stereocenters. The van der Waals surface area contributed by atoms with Gasteiger partial charge in [-0.3, -0.25) is 4.98 Å². The first-order valence-corrected chi connectivity index (χ1v) is 13.9. The zero-order valence-electron chi connectivity index (χ0n) is 17.9. The number of rotatable bonds is 5. The first kappa shape index (κ1) is 23.7. The van der Waals surface area contributed by atoms with Gasteiger partial charge in [0, 0.05) is 74.3 Å². The van der Waals surface area contributed by atoms with Crippen LogP contribution in [0.15, 0.2) is 55.0 Å². The van der Waals surface area contributed by atoms with E-state index in [-0.39, 0.29) is 18.3 Å². The van der Waals surface area contributed by atoms with Gasteiger partial charge in [0.05, 0.1) is 16.2 Å². The van der Waals surface area contributed by atoms with E-state index in [9.17, 15) is 4.39 Å². The van der Waals surface area contributed by atoms with E-state index in [0.717, 1.165) is 33.4 Å². The minimum Gasteiger partial charge on any atom is -0.379 e. The molecule has 4 rings (SSSR count). The molecule has 0 radical (unpaired) electrons. The molecule has 0 saturated carbocycles. The molecule has 0 fully saturated rings. The second kappa shape index (κ2) is 10.7. The number of anilines is 1. The molecular weight excluding hydrogens is 570 g/mol. The SMILES string of the molecule is CC(C)c1ncc(-c2ccc3ncc(Cl)c(NCc4cc(C#CSI)ccc4F)c3c2)cn1. The lowest BCUT2D eigenvalue weighted by molar-refractivity contribution is 0.613. The lowest BCUT2D eigenvalue weighted by Crippen LogP contribution is -2.04. The van der Waals surface area contributed by atoms with E-state index in [1.807, 2.05) is 30.6 Å². The van der Waals surface area contributed by atoms with Crippen LogP contribution in [-0.4, -0.2) is 15.0 Å². The van der Waals surface area contributed by atoms with Crippen LogP contribution in [0.5, 0.6) is 0 Å². The Balaban J connectivity index is 1.68. The number of hydrogen-bond acceptors (Lipinski definition) is 5. The highest BCUT2D eigenvalue weighted by molar-refractivity contribution is 14.2. The fraction of sp³-hybridized carbons (Fsp3) is 0.160. The fourth-order valence-corrected chi connectivity index (χ4v) is 4.07. The molecule has 4 nitrogen and oxygen atoms in total. The number of halogens is 3. The number of aromatic nitrogens is 3. The van der Waals surface area contributed by atoms with Crippen LogP contribution in [-0.2, 0) is 6.54 Å². The van der Waals surface area contributed by atoms with Gasteiger partial charge in [-0.25, -0.2) is 14.4 Å². The molecular formula is C25H19ClFIN4S. The van der Waals surface area contributed by atoms with Crippen molar-refractivity contribution in [3.05, 3.63) is 82.8 Å². The number of benzene rings is 2. The maximum absolute atomic E-state index is 14.4. The van der Waals surface area contributed by atoms with Crippen molar-refractivity contribution in [2.45, 2.75) is 26.3 Å². The predicted molar refractivity (Wildman–Crippen MR) is 144 cm³/mol. The molecule has 2 aromatic heterocycles. The molecule has 0 aliphatic heterocycles. The highest BCUT2D eigenvalue weighted by Crippen LogP contribution is 2.33. The largest absolute Gasteiger partial charge is 0.379 e. The molecule has 33 heavy (non-hydrogen) atoms. The van der Waals surface area contributed by atoms with Gasteiger partial charge in [-0.1, -0.05) is 37.4 Å². The summed E-state index contributed by atoms with van der Waals surface area (Å²) < 4.78 is 14.4. The number of pyridine rings is 1. The van der Waals surface area contributed by atoms with E-state index in [2.05, 4.69) is 66.5 Å². The van der Waals surface area contributed by atoms with E-state index < -0.39 is 0 Å². The van der Waals surface area contributed by atoms with Crippen molar-refractivity contribution in [3.8, 4) is 22.3 Å². The summed E-state index contributed by atoms with van der Waals surface area (Å²) in [5.74, 6) is 3.77. The normalized spacial score (nSPS) is 10.8. The van der Waals surface area contributed by atoms with Crippen LogP contribution in [0.2, 0.25) is 5.02 Å². The van der Waals surface area contributed by atoms with Crippen LogP contribution >= 0.6 is 41.7 Å². The van der Waals surface area contributed by atoms with E-state index >= 15 is 0 Å². The van der Waals surface area contributed by atoms with Gasteiger partial charge in [0.15, 0.2) is 0 Å². The van der Waals surface area contributed by atoms with E-state index in [1.54, 1.807) is 18.3 Å². The number of nitrogens with zero attached hydrogens (tertiary/aromatic N) is 3. The van der Waals surface area contributed by atoms with E-state index in [4.69, 9.17) is 11.6 Å². The highest BCUT2D eigenvalue weighted by Gasteiger charge is 2.12. The highest BCUT2D eigenvalue weighted by atomic mass is 127. The summed E-state index contributed by atoms with van der Waals surface area (Å²) >= 11 is 8.60. The fourth-order valence-electron chi connectivity index (χ4n) is 3.36. The van der Waals surface area contributed by atoms with Gasteiger partial charge in [0.1, 0.15) is 11.6 Å². The molecule has 0 saturated heterocycles. The standard InChI is InChI=1S/C25H19ClFIN4S/c1-15(2)25-31-12-19(13-32-25)17-4-6-23-20(10-17)24(21(26)14-29-23)30-11-18-9-16(7-8-33-28)3-5-22(18)27/h3-6,9-10,12-15H,11H2,1-2H3,(H,29,30). The minimum atomic E-state index is -0.298. The third-order valence-electron chi connectivity index (χ3n) is 5.08. The van der Waals surface area contributed by atoms with Gasteiger partial charge in [0.2, 0.25) is 0 Å². The smallest absolute Gasteiger partial charge is 0.130 e. The quantitative estimate of drug-likeness (QED) is 0.192. The third kappa shape index (κ3) is 5.57. The molecule has 8 heteroatoms. The van der Waals surface area contributed by atoms with Gasteiger partial charge in [-0.15, -0.1) is 0 Å². The van der Waals surface area contributed by atoms with Crippen molar-refractivity contribution in [3.63, 3.8) is 0 Å². The Morgan fingerprint density at radius 2 is 1.85 bits per heavy atom. The monoisotopic (exact) mass is 588 g/mol. The average molecular weight is 589 g/mol. The number of fused-ring (bicyclic) bond motifs is 1. The summed E-state index contributed by atoms with van der Waals surface area (Å²) in [6, 6.07) is 10.8. The summed E-state index contributed by atoms with van der Waals surface area (Å²) in [6.45, 7) is 4.38. The van der Waals surface area contributed by atoms with Crippen molar-refractivity contribution in [2.75, 3.05) is 5.32 Å². The van der Waals surface area contributed by atoms with E-state index in [0.29, 0.717) is 16.3 Å². The zero-order chi connectivity index (χ0) is 23.4. The molecule has 2 heterocycles. The Bertz CT molecular complexity index is 1370. The van der Waals surface area contributed by atoms with Crippen LogP contribution in [0.25, 0.3) is 22.0 Å². The Labute approximate surface area is 213 Å². The third-order valence-corrected chi connectivity index (χ3v) is 6.20. The topological polar surface area (TPSA) is 50.7 Å². The molecule has 1 N–H and O–H groups in total. The Hall–Kier alpha value is -2.41. The Morgan fingerprint density at radius 1 is 1.06 bits per heavy atom. The molecule has 0 bridgehead atoms. The molecule has 0 spiro atoms. The Morgan fingerprint density at radius 3 is 2.58 bits per heavy atom. The van der Waals surface area contributed by atoms with Crippen LogP contribution in [0.1, 0.15) is 36.7 Å². The summed E-state index contributed by atoms with van der Waals surface area (Å²) in [5.41, 5.74) is 4.60. The lowest BCUT2D eigenvalue weighted by Gasteiger charge is -2.13. The van der Waals surface area contributed by atoms with Crippen molar-refractivity contribution >= 4 is 58.3 Å². The molecule has 0 atom stereocenters. The molecule has 166 valence electrons. The van der Waals surface area contributed by atoms with E-state index in [1.165, 1.54) is 15.0 Å². The van der Waals surface area contributed by atoms with Gasteiger partial charge >= 0.3 is 0 Å². The molecule has 2 aromatic carbocycles. The van der Waals surface area contributed by atoms with Gasteiger partial charge in [-0.05, 0) is 50.1 Å². The van der Waals surface area contributed by atoms with Crippen LogP contribution in [0.4, 0.5) is 10.1 Å². The summed E-state index contributed by atoms with van der Waals surface area (Å²) in [5, 5.41) is 7.52. The Kier molecular flexibility index (Phi) is 7.68. The first-order chi connectivity index (χ1) is 16.0.